The number of amides is 1. The minimum atomic E-state index is -0.276. The van der Waals surface area contributed by atoms with Crippen LogP contribution in [0.25, 0.3) is 11.3 Å². The van der Waals surface area contributed by atoms with Crippen LogP contribution >= 0.6 is 12.4 Å². The van der Waals surface area contributed by atoms with E-state index in [-0.39, 0.29) is 36.5 Å². The molecule has 128 valence electrons. The minimum absolute atomic E-state index is 0. The zero-order valence-electron chi connectivity index (χ0n) is 13.3. The summed E-state index contributed by atoms with van der Waals surface area (Å²) in [5.74, 6) is -0.182. The lowest BCUT2D eigenvalue weighted by molar-refractivity contribution is -0.122. The Kier molecular flexibility index (Phi) is 6.52. The van der Waals surface area contributed by atoms with Gasteiger partial charge in [0.25, 0.3) is 5.56 Å². The lowest BCUT2D eigenvalue weighted by Crippen LogP contribution is -2.47. The summed E-state index contributed by atoms with van der Waals surface area (Å²) >= 11 is 0. The van der Waals surface area contributed by atoms with Crippen LogP contribution in [0.15, 0.2) is 47.3 Å². The monoisotopic (exact) mass is 348 g/mol. The summed E-state index contributed by atoms with van der Waals surface area (Å²) in [6.07, 6.45) is 2.01. The maximum atomic E-state index is 12.1. The van der Waals surface area contributed by atoms with E-state index < -0.39 is 0 Å². The maximum Gasteiger partial charge on any atom is 0.267 e. The van der Waals surface area contributed by atoms with Crippen molar-refractivity contribution < 1.29 is 4.79 Å². The van der Waals surface area contributed by atoms with Gasteiger partial charge in [0.05, 0.1) is 5.69 Å². The van der Waals surface area contributed by atoms with Gasteiger partial charge in [0, 0.05) is 24.2 Å². The summed E-state index contributed by atoms with van der Waals surface area (Å²) in [5, 5.41) is 10.5. The molecule has 0 radical (unpaired) electrons. The number of hydrogen-bond acceptors (Lipinski definition) is 4. The molecule has 1 amide bonds. The molecule has 7 heteroatoms. The van der Waals surface area contributed by atoms with Gasteiger partial charge in [-0.2, -0.15) is 5.10 Å². The predicted molar refractivity (Wildman–Crippen MR) is 95.2 cm³/mol. The summed E-state index contributed by atoms with van der Waals surface area (Å²) in [4.78, 5) is 24.1. The molecule has 2 aromatic rings. The van der Waals surface area contributed by atoms with Crippen molar-refractivity contribution in [1.82, 2.24) is 20.4 Å². The van der Waals surface area contributed by atoms with E-state index in [1.807, 2.05) is 30.3 Å². The van der Waals surface area contributed by atoms with Crippen LogP contribution in [0.2, 0.25) is 0 Å². The fourth-order valence-electron chi connectivity index (χ4n) is 2.71. The molecule has 1 aromatic heterocycles. The van der Waals surface area contributed by atoms with Gasteiger partial charge in [-0.3, -0.25) is 9.59 Å². The van der Waals surface area contributed by atoms with Crippen molar-refractivity contribution in [2.75, 3.05) is 13.1 Å². The highest BCUT2D eigenvalue weighted by atomic mass is 35.5. The van der Waals surface area contributed by atoms with Gasteiger partial charge >= 0.3 is 0 Å². The van der Waals surface area contributed by atoms with Gasteiger partial charge in [0.2, 0.25) is 5.91 Å². The Labute approximate surface area is 146 Å². The van der Waals surface area contributed by atoms with E-state index in [9.17, 15) is 9.59 Å². The van der Waals surface area contributed by atoms with E-state index in [0.717, 1.165) is 31.5 Å². The Balaban J connectivity index is 0.00000208. The first-order valence-corrected chi connectivity index (χ1v) is 7.86. The van der Waals surface area contributed by atoms with Crippen LogP contribution in [0.1, 0.15) is 12.8 Å². The number of nitrogens with zero attached hydrogens (tertiary/aromatic N) is 2. The number of nitrogens with one attached hydrogen (secondary N) is 2. The molecule has 24 heavy (non-hydrogen) atoms. The Hall–Kier alpha value is -2.18. The van der Waals surface area contributed by atoms with Gasteiger partial charge in [-0.25, -0.2) is 4.68 Å². The topological polar surface area (TPSA) is 76.0 Å². The molecule has 0 bridgehead atoms. The van der Waals surface area contributed by atoms with Gasteiger partial charge in [-0.15, -0.1) is 12.4 Å². The molecule has 2 heterocycles. The van der Waals surface area contributed by atoms with Gasteiger partial charge in [-0.1, -0.05) is 30.3 Å². The second-order valence-corrected chi connectivity index (χ2v) is 5.69. The van der Waals surface area contributed by atoms with Gasteiger partial charge in [0.1, 0.15) is 6.54 Å². The standard InChI is InChI=1S/C17H20N4O2.ClH/c22-16(19-14-7-4-10-18-11-14)12-21-17(23)9-8-15(20-21)13-5-2-1-3-6-13;/h1-3,5-6,8-9,14,18H,4,7,10-12H2,(H,19,22);1H/t14-;/m0./s1. The fourth-order valence-corrected chi connectivity index (χ4v) is 2.71. The SMILES string of the molecule is Cl.O=C(Cn1nc(-c2ccccc2)ccc1=O)N[C@H]1CCCNC1. The van der Waals surface area contributed by atoms with Crippen LogP contribution in [0.3, 0.4) is 0 Å². The Morgan fingerprint density at radius 1 is 1.25 bits per heavy atom. The van der Waals surface area contributed by atoms with Gasteiger partial charge in [-0.05, 0) is 25.5 Å². The first-order chi connectivity index (χ1) is 11.2. The molecule has 1 fully saturated rings. The third kappa shape index (κ3) is 4.66. The Morgan fingerprint density at radius 2 is 2.04 bits per heavy atom. The molecule has 3 rings (SSSR count). The van der Waals surface area contributed by atoms with E-state index >= 15 is 0 Å². The molecule has 6 nitrogen and oxygen atoms in total. The molecule has 1 aliphatic rings. The molecule has 0 unspecified atom stereocenters. The van der Waals surface area contributed by atoms with E-state index in [4.69, 9.17) is 0 Å². The highest BCUT2D eigenvalue weighted by Crippen LogP contribution is 2.13. The third-order valence-corrected chi connectivity index (χ3v) is 3.89. The number of halogens is 1. The van der Waals surface area contributed by atoms with Crippen molar-refractivity contribution in [3.8, 4) is 11.3 Å². The molecule has 0 spiro atoms. The second kappa shape index (κ2) is 8.61. The van der Waals surface area contributed by atoms with Crippen molar-refractivity contribution in [3.63, 3.8) is 0 Å². The average Bonchev–Trinajstić information content (AvgIpc) is 2.58. The molecule has 1 atom stereocenters. The zero-order valence-corrected chi connectivity index (χ0v) is 14.1. The molecule has 0 saturated carbocycles. The van der Waals surface area contributed by atoms with Crippen LogP contribution in [0, 0.1) is 0 Å². The van der Waals surface area contributed by atoms with Crippen molar-refractivity contribution >= 4 is 18.3 Å². The van der Waals surface area contributed by atoms with Crippen molar-refractivity contribution in [3.05, 3.63) is 52.8 Å². The van der Waals surface area contributed by atoms with Crippen LogP contribution in [0.5, 0.6) is 0 Å². The van der Waals surface area contributed by atoms with Crippen molar-refractivity contribution in [1.29, 1.82) is 0 Å². The largest absolute Gasteiger partial charge is 0.350 e. The molecular formula is C17H21ClN4O2. The highest BCUT2D eigenvalue weighted by molar-refractivity contribution is 5.85. The van der Waals surface area contributed by atoms with Crippen LogP contribution < -0.4 is 16.2 Å². The number of hydrogen-bond donors (Lipinski definition) is 2. The zero-order chi connectivity index (χ0) is 16.1. The Bertz CT molecular complexity index is 727. The summed E-state index contributed by atoms with van der Waals surface area (Å²) in [6.45, 7) is 1.71. The number of rotatable bonds is 4. The van der Waals surface area contributed by atoms with E-state index in [0.29, 0.717) is 5.69 Å². The Morgan fingerprint density at radius 3 is 2.75 bits per heavy atom. The predicted octanol–water partition coefficient (Wildman–Crippen LogP) is 1.20. The van der Waals surface area contributed by atoms with E-state index in [2.05, 4.69) is 15.7 Å². The lowest BCUT2D eigenvalue weighted by Gasteiger charge is -2.23. The smallest absolute Gasteiger partial charge is 0.267 e. The van der Waals surface area contributed by atoms with Crippen molar-refractivity contribution in [2.45, 2.75) is 25.4 Å². The van der Waals surface area contributed by atoms with E-state index in [1.165, 1.54) is 10.7 Å². The van der Waals surface area contributed by atoms with Gasteiger partial charge in [0.15, 0.2) is 0 Å². The number of piperidine rings is 1. The summed E-state index contributed by atoms with van der Waals surface area (Å²) in [5.41, 5.74) is 1.32. The van der Waals surface area contributed by atoms with Gasteiger partial charge < -0.3 is 10.6 Å². The highest BCUT2D eigenvalue weighted by Gasteiger charge is 2.16. The summed E-state index contributed by atoms with van der Waals surface area (Å²) in [6, 6.07) is 12.8. The average molecular weight is 349 g/mol. The van der Waals surface area contributed by atoms with E-state index in [1.54, 1.807) is 6.07 Å². The molecule has 0 aliphatic carbocycles. The lowest BCUT2D eigenvalue weighted by atomic mass is 10.1. The molecule has 2 N–H and O–H groups in total. The third-order valence-electron chi connectivity index (χ3n) is 3.89. The van der Waals surface area contributed by atoms with Crippen LogP contribution in [0.4, 0.5) is 0 Å². The number of benzene rings is 1. The molecule has 1 aliphatic heterocycles. The van der Waals surface area contributed by atoms with Crippen LogP contribution in [-0.4, -0.2) is 34.8 Å². The normalized spacial score (nSPS) is 16.9. The first-order valence-electron chi connectivity index (χ1n) is 7.86. The molecule has 1 saturated heterocycles. The number of aromatic nitrogens is 2. The summed E-state index contributed by atoms with van der Waals surface area (Å²) in [7, 11) is 0. The number of carbonyl (C=O) groups excluding carboxylic acids is 1. The quantitative estimate of drug-likeness (QED) is 0.870. The fraction of sp³-hybridized carbons (Fsp3) is 0.353. The maximum absolute atomic E-state index is 12.1. The van der Waals surface area contributed by atoms with Crippen molar-refractivity contribution in [2.24, 2.45) is 0 Å². The minimum Gasteiger partial charge on any atom is -0.350 e. The first kappa shape index (κ1) is 18.2. The number of carbonyl (C=O) groups is 1. The second-order valence-electron chi connectivity index (χ2n) is 5.69. The molecular weight excluding hydrogens is 328 g/mol. The van der Waals surface area contributed by atoms with Crippen LogP contribution in [-0.2, 0) is 11.3 Å². The molecule has 1 aromatic carbocycles. The summed E-state index contributed by atoms with van der Waals surface area (Å²) < 4.78 is 1.22.